The summed E-state index contributed by atoms with van der Waals surface area (Å²) in [5, 5.41) is 19.3. The molecule has 0 spiro atoms. The zero-order valence-electron chi connectivity index (χ0n) is 11.6. The number of rotatable bonds is 2. The summed E-state index contributed by atoms with van der Waals surface area (Å²) in [5.74, 6) is -1.22. The highest BCUT2D eigenvalue weighted by Crippen LogP contribution is 2.33. The maximum atomic E-state index is 12.6. The monoisotopic (exact) mass is 319 g/mol. The Morgan fingerprint density at radius 2 is 1.82 bits per heavy atom. The van der Waals surface area contributed by atoms with Gasteiger partial charge in [0.15, 0.2) is 0 Å². The van der Waals surface area contributed by atoms with E-state index < -0.39 is 21.7 Å². The predicted octanol–water partition coefficient (Wildman–Crippen LogP) is 1.75. The van der Waals surface area contributed by atoms with Crippen LogP contribution in [0.5, 0.6) is 11.5 Å². The molecule has 2 aromatic rings. The fraction of sp³-hybridized carbons (Fsp3) is 0.133. The minimum Gasteiger partial charge on any atom is -0.508 e. The summed E-state index contributed by atoms with van der Waals surface area (Å²) in [7, 11) is -4.16. The molecule has 1 heterocycles. The molecule has 1 amide bonds. The van der Waals surface area contributed by atoms with E-state index in [2.05, 4.69) is 0 Å². The second-order valence-electron chi connectivity index (χ2n) is 5.13. The van der Waals surface area contributed by atoms with Crippen LogP contribution in [0.2, 0.25) is 0 Å². The summed E-state index contributed by atoms with van der Waals surface area (Å²) in [6.07, 6.45) is 0. The van der Waals surface area contributed by atoms with Gasteiger partial charge in [0, 0.05) is 5.56 Å². The van der Waals surface area contributed by atoms with Crippen molar-refractivity contribution in [2.24, 2.45) is 0 Å². The molecule has 2 aromatic carbocycles. The van der Waals surface area contributed by atoms with Crippen LogP contribution < -0.4 is 0 Å². The standard InChI is InChI=1S/C15H13NO5S/c1-9-2-5-14(13(18)6-9)22(20,21)16-8-10-3-4-11(17)7-12(10)15(16)19/h2-7,17-18H,8H2,1H3. The Bertz CT molecular complexity index is 889. The lowest BCUT2D eigenvalue weighted by Crippen LogP contribution is -2.31. The first-order valence-electron chi connectivity index (χ1n) is 6.49. The van der Waals surface area contributed by atoms with Crippen molar-refractivity contribution in [2.45, 2.75) is 18.4 Å². The summed E-state index contributed by atoms with van der Waals surface area (Å²) in [4.78, 5) is 12.0. The summed E-state index contributed by atoms with van der Waals surface area (Å²) in [6.45, 7) is 1.60. The van der Waals surface area contributed by atoms with Crippen LogP contribution in [0, 0.1) is 6.92 Å². The first-order chi connectivity index (χ1) is 10.3. The SMILES string of the molecule is Cc1ccc(S(=O)(=O)N2Cc3ccc(O)cc3C2=O)c(O)c1. The molecule has 0 unspecified atom stereocenters. The molecule has 1 aliphatic rings. The number of aryl methyl sites for hydroxylation is 1. The van der Waals surface area contributed by atoms with E-state index in [9.17, 15) is 23.4 Å². The van der Waals surface area contributed by atoms with Crippen molar-refractivity contribution in [1.29, 1.82) is 0 Å². The average molecular weight is 319 g/mol. The van der Waals surface area contributed by atoms with E-state index in [1.807, 2.05) is 0 Å². The molecule has 114 valence electrons. The van der Waals surface area contributed by atoms with Crippen molar-refractivity contribution < 1.29 is 23.4 Å². The van der Waals surface area contributed by atoms with Gasteiger partial charge >= 0.3 is 0 Å². The van der Waals surface area contributed by atoms with Gasteiger partial charge in [0.1, 0.15) is 16.4 Å². The van der Waals surface area contributed by atoms with Gasteiger partial charge in [-0.2, -0.15) is 0 Å². The Morgan fingerprint density at radius 1 is 1.09 bits per heavy atom. The van der Waals surface area contributed by atoms with Gasteiger partial charge in [-0.3, -0.25) is 4.79 Å². The van der Waals surface area contributed by atoms with Gasteiger partial charge in [-0.25, -0.2) is 12.7 Å². The van der Waals surface area contributed by atoms with E-state index >= 15 is 0 Å². The first-order valence-corrected chi connectivity index (χ1v) is 7.93. The third-order valence-electron chi connectivity index (χ3n) is 3.55. The first kappa shape index (κ1) is 14.4. The number of carbonyl (C=O) groups excluding carboxylic acids is 1. The van der Waals surface area contributed by atoms with Gasteiger partial charge in [-0.15, -0.1) is 0 Å². The second-order valence-corrected chi connectivity index (χ2v) is 6.96. The lowest BCUT2D eigenvalue weighted by Gasteiger charge is -2.17. The summed E-state index contributed by atoms with van der Waals surface area (Å²) >= 11 is 0. The van der Waals surface area contributed by atoms with Crippen molar-refractivity contribution in [2.75, 3.05) is 0 Å². The summed E-state index contributed by atoms with van der Waals surface area (Å²) in [6, 6.07) is 8.28. The number of amides is 1. The number of hydrogen-bond acceptors (Lipinski definition) is 5. The lowest BCUT2D eigenvalue weighted by molar-refractivity contribution is 0.0879. The molecule has 22 heavy (non-hydrogen) atoms. The number of phenolic OH excluding ortho intramolecular Hbond substituents is 2. The van der Waals surface area contributed by atoms with Gasteiger partial charge < -0.3 is 10.2 Å². The summed E-state index contributed by atoms with van der Waals surface area (Å²) < 4.78 is 25.9. The molecule has 7 heteroatoms. The number of hydrogen-bond donors (Lipinski definition) is 2. The van der Waals surface area contributed by atoms with E-state index in [1.54, 1.807) is 13.0 Å². The molecular formula is C15H13NO5S. The van der Waals surface area contributed by atoms with Crippen LogP contribution in [-0.2, 0) is 16.6 Å². The molecule has 3 rings (SSSR count). The Kier molecular flexibility index (Phi) is 3.10. The number of carbonyl (C=O) groups is 1. The molecule has 0 atom stereocenters. The zero-order chi connectivity index (χ0) is 16.1. The molecule has 0 aromatic heterocycles. The molecule has 0 radical (unpaired) electrons. The molecular weight excluding hydrogens is 306 g/mol. The molecule has 2 N–H and O–H groups in total. The summed E-state index contributed by atoms with van der Waals surface area (Å²) in [5.41, 5.74) is 1.37. The highest BCUT2D eigenvalue weighted by Gasteiger charge is 2.38. The molecule has 0 fully saturated rings. The van der Waals surface area contributed by atoms with Crippen molar-refractivity contribution >= 4 is 15.9 Å². The minimum absolute atomic E-state index is 0.107. The lowest BCUT2D eigenvalue weighted by atomic mass is 10.1. The second kappa shape index (κ2) is 4.74. The minimum atomic E-state index is -4.16. The van der Waals surface area contributed by atoms with E-state index in [0.717, 1.165) is 0 Å². The fourth-order valence-corrected chi connectivity index (χ4v) is 3.85. The van der Waals surface area contributed by atoms with Crippen LogP contribution in [-0.4, -0.2) is 28.8 Å². The molecule has 6 nitrogen and oxygen atoms in total. The van der Waals surface area contributed by atoms with E-state index in [4.69, 9.17) is 0 Å². The third kappa shape index (κ3) is 2.10. The maximum Gasteiger partial charge on any atom is 0.270 e. The number of phenols is 2. The van der Waals surface area contributed by atoms with Crippen molar-refractivity contribution in [3.63, 3.8) is 0 Å². The largest absolute Gasteiger partial charge is 0.508 e. The van der Waals surface area contributed by atoms with Gasteiger partial charge in [-0.1, -0.05) is 12.1 Å². The van der Waals surface area contributed by atoms with Crippen molar-refractivity contribution in [3.05, 3.63) is 53.1 Å². The Labute approximate surface area is 127 Å². The topological polar surface area (TPSA) is 94.9 Å². The quantitative estimate of drug-likeness (QED) is 0.879. The van der Waals surface area contributed by atoms with Gasteiger partial charge in [-0.05, 0) is 42.3 Å². The predicted molar refractivity (Wildman–Crippen MR) is 78.0 cm³/mol. The van der Waals surface area contributed by atoms with Crippen LogP contribution in [0.1, 0.15) is 21.5 Å². The van der Waals surface area contributed by atoms with E-state index in [1.165, 1.54) is 30.3 Å². The van der Waals surface area contributed by atoms with Crippen molar-refractivity contribution in [3.8, 4) is 11.5 Å². The molecule has 0 aliphatic carbocycles. The van der Waals surface area contributed by atoms with Crippen LogP contribution in [0.3, 0.4) is 0 Å². The molecule has 1 aliphatic heterocycles. The van der Waals surface area contributed by atoms with Crippen LogP contribution in [0.4, 0.5) is 0 Å². The number of sulfonamides is 1. The van der Waals surface area contributed by atoms with E-state index in [-0.39, 0.29) is 22.8 Å². The number of fused-ring (bicyclic) bond motifs is 1. The smallest absolute Gasteiger partial charge is 0.270 e. The number of nitrogens with zero attached hydrogens (tertiary/aromatic N) is 1. The fourth-order valence-electron chi connectivity index (χ4n) is 2.42. The van der Waals surface area contributed by atoms with Gasteiger partial charge in [0.25, 0.3) is 15.9 Å². The molecule has 0 saturated carbocycles. The van der Waals surface area contributed by atoms with Gasteiger partial charge in [0.2, 0.25) is 0 Å². The molecule has 0 saturated heterocycles. The third-order valence-corrected chi connectivity index (χ3v) is 5.32. The van der Waals surface area contributed by atoms with Gasteiger partial charge in [0.05, 0.1) is 6.54 Å². The Hall–Kier alpha value is -2.54. The average Bonchev–Trinajstić information content (AvgIpc) is 2.76. The maximum absolute atomic E-state index is 12.6. The van der Waals surface area contributed by atoms with Crippen LogP contribution in [0.15, 0.2) is 41.3 Å². The zero-order valence-corrected chi connectivity index (χ0v) is 12.5. The van der Waals surface area contributed by atoms with E-state index in [0.29, 0.717) is 15.4 Å². The molecule has 0 bridgehead atoms. The highest BCUT2D eigenvalue weighted by atomic mass is 32.2. The Morgan fingerprint density at radius 3 is 2.50 bits per heavy atom. The normalized spacial score (nSPS) is 14.2. The number of benzene rings is 2. The van der Waals surface area contributed by atoms with Crippen LogP contribution in [0.25, 0.3) is 0 Å². The number of aromatic hydroxyl groups is 2. The Balaban J connectivity index is 2.07. The van der Waals surface area contributed by atoms with Crippen molar-refractivity contribution in [1.82, 2.24) is 4.31 Å². The van der Waals surface area contributed by atoms with Crippen LogP contribution >= 0.6 is 0 Å². The highest BCUT2D eigenvalue weighted by molar-refractivity contribution is 7.89.